The summed E-state index contributed by atoms with van der Waals surface area (Å²) in [6, 6.07) is 6.52. The predicted octanol–water partition coefficient (Wildman–Crippen LogP) is 3.27. The van der Waals surface area contributed by atoms with Crippen LogP contribution in [0.25, 0.3) is 6.08 Å². The van der Waals surface area contributed by atoms with Gasteiger partial charge in [-0.3, -0.25) is 9.69 Å². The largest absolute Gasteiger partial charge is 0.391 e. The summed E-state index contributed by atoms with van der Waals surface area (Å²) in [5, 5.41) is 10.4. The second-order valence-corrected chi connectivity index (χ2v) is 9.12. The minimum atomic E-state index is -0.406. The molecule has 0 aliphatic carbocycles. The molecule has 2 heterocycles. The average Bonchev–Trinajstić information content (AvgIpc) is 2.69. The molecule has 1 atom stereocenters. The van der Waals surface area contributed by atoms with Crippen LogP contribution >= 0.6 is 11.8 Å². The highest BCUT2D eigenvalue weighted by Gasteiger charge is 2.42. The van der Waals surface area contributed by atoms with E-state index in [1.165, 1.54) is 12.1 Å². The Morgan fingerprint density at radius 1 is 1.32 bits per heavy atom. The van der Waals surface area contributed by atoms with Gasteiger partial charge in [0.25, 0.3) is 0 Å². The fourth-order valence-corrected chi connectivity index (χ4v) is 4.75. The third kappa shape index (κ3) is 5.82. The Bertz CT molecular complexity index is 672. The monoisotopic (exact) mass is 406 g/mol. The molecular formula is C22H31FN2O2S. The first-order valence-corrected chi connectivity index (χ1v) is 11.5. The first kappa shape index (κ1) is 21.3. The number of hydrogen-bond donors (Lipinski definition) is 1. The summed E-state index contributed by atoms with van der Waals surface area (Å²) >= 11 is 1.69. The zero-order valence-electron chi connectivity index (χ0n) is 16.6. The van der Waals surface area contributed by atoms with Crippen LogP contribution in [0.2, 0.25) is 0 Å². The number of nitrogens with zero attached hydrogens (tertiary/aromatic N) is 2. The lowest BCUT2D eigenvalue weighted by Gasteiger charge is -2.49. The number of hydrogen-bond acceptors (Lipinski definition) is 4. The van der Waals surface area contributed by atoms with Crippen molar-refractivity contribution < 1.29 is 14.3 Å². The Morgan fingerprint density at radius 3 is 2.71 bits per heavy atom. The second kappa shape index (κ2) is 9.90. The van der Waals surface area contributed by atoms with Crippen molar-refractivity contribution >= 4 is 23.7 Å². The topological polar surface area (TPSA) is 43.8 Å². The standard InChI is InChI=1S/C22H31FN2O2S/c1-28-14-8-21(27)25-16-20(26)15-22(17-25)9-12-24(13-10-22)11-2-3-18-4-6-19(23)7-5-18/h2-7,20,26H,8-17H2,1H3/b3-2+. The first-order valence-electron chi connectivity index (χ1n) is 10.1. The van der Waals surface area contributed by atoms with Crippen LogP contribution in [0.1, 0.15) is 31.2 Å². The Hall–Kier alpha value is -1.37. The fraction of sp³-hybridized carbons (Fsp3) is 0.591. The van der Waals surface area contributed by atoms with Crippen molar-refractivity contribution in [1.29, 1.82) is 0 Å². The lowest BCUT2D eigenvalue weighted by atomic mass is 9.71. The highest BCUT2D eigenvalue weighted by Crippen LogP contribution is 2.40. The molecule has 2 saturated heterocycles. The zero-order chi connectivity index (χ0) is 20.0. The maximum atomic E-state index is 13.0. The number of halogens is 1. The maximum absolute atomic E-state index is 13.0. The Balaban J connectivity index is 1.50. The molecule has 2 fully saturated rings. The van der Waals surface area contributed by atoms with Gasteiger partial charge in [-0.25, -0.2) is 4.39 Å². The molecule has 4 nitrogen and oxygen atoms in total. The molecule has 6 heteroatoms. The van der Waals surface area contributed by atoms with Crippen LogP contribution in [0.3, 0.4) is 0 Å². The lowest BCUT2D eigenvalue weighted by Crippen LogP contribution is -2.55. The number of β-amino-alcohol motifs (C(OH)–C–C–N with tert-alkyl or cyclic N) is 1. The molecule has 0 aromatic heterocycles. The van der Waals surface area contributed by atoms with Gasteiger partial charge in [0.1, 0.15) is 5.82 Å². The lowest BCUT2D eigenvalue weighted by molar-refractivity contribution is -0.139. The van der Waals surface area contributed by atoms with Crippen molar-refractivity contribution in [3.8, 4) is 0 Å². The Kier molecular flexibility index (Phi) is 7.55. The molecular weight excluding hydrogens is 375 g/mol. The SMILES string of the molecule is CSCCC(=O)N1CC(O)CC2(CCN(C/C=C/c3ccc(F)cc3)CC2)C1. The van der Waals surface area contributed by atoms with Crippen molar-refractivity contribution in [2.45, 2.75) is 31.8 Å². The molecule has 2 aliphatic rings. The van der Waals surface area contributed by atoms with Crippen LogP contribution in [0.5, 0.6) is 0 Å². The number of rotatable bonds is 6. The van der Waals surface area contributed by atoms with E-state index in [4.69, 9.17) is 0 Å². The van der Waals surface area contributed by atoms with Crippen LogP contribution in [0, 0.1) is 11.2 Å². The molecule has 1 aromatic rings. The summed E-state index contributed by atoms with van der Waals surface area (Å²) in [4.78, 5) is 16.8. The third-order valence-corrected chi connectivity index (χ3v) is 6.57. The fourth-order valence-electron chi connectivity index (χ4n) is 4.37. The number of thioether (sulfide) groups is 1. The number of benzene rings is 1. The number of piperidine rings is 2. The highest BCUT2D eigenvalue weighted by molar-refractivity contribution is 7.98. The number of likely N-dealkylation sites (tertiary alicyclic amines) is 2. The molecule has 1 spiro atoms. The Labute approximate surface area is 171 Å². The molecule has 1 unspecified atom stereocenters. The van der Waals surface area contributed by atoms with Crippen molar-refractivity contribution in [3.05, 3.63) is 41.7 Å². The summed E-state index contributed by atoms with van der Waals surface area (Å²) in [5.41, 5.74) is 1.06. The molecule has 0 radical (unpaired) electrons. The zero-order valence-corrected chi connectivity index (χ0v) is 17.5. The predicted molar refractivity (Wildman–Crippen MR) is 114 cm³/mol. The summed E-state index contributed by atoms with van der Waals surface area (Å²) in [5.74, 6) is 0.804. The van der Waals surface area contributed by atoms with Crippen molar-refractivity contribution in [2.24, 2.45) is 5.41 Å². The summed E-state index contributed by atoms with van der Waals surface area (Å²) in [6.45, 7) is 4.10. The van der Waals surface area contributed by atoms with E-state index in [1.54, 1.807) is 23.9 Å². The third-order valence-electron chi connectivity index (χ3n) is 5.96. The molecule has 0 saturated carbocycles. The van der Waals surface area contributed by atoms with E-state index in [-0.39, 0.29) is 17.1 Å². The molecule has 3 rings (SSSR count). The van der Waals surface area contributed by atoms with Gasteiger partial charge in [-0.2, -0.15) is 11.8 Å². The van der Waals surface area contributed by atoms with E-state index in [0.717, 1.165) is 56.8 Å². The normalized spacial score (nSPS) is 22.8. The van der Waals surface area contributed by atoms with Gasteiger partial charge in [-0.15, -0.1) is 0 Å². The molecule has 1 N–H and O–H groups in total. The number of amides is 1. The minimum Gasteiger partial charge on any atom is -0.391 e. The van der Waals surface area contributed by atoms with E-state index in [2.05, 4.69) is 11.0 Å². The maximum Gasteiger partial charge on any atom is 0.223 e. The number of carbonyl (C=O) groups is 1. The van der Waals surface area contributed by atoms with Crippen LogP contribution in [0.15, 0.2) is 30.3 Å². The van der Waals surface area contributed by atoms with Crippen LogP contribution < -0.4 is 0 Å². The van der Waals surface area contributed by atoms with Gasteiger partial charge in [-0.1, -0.05) is 24.3 Å². The molecule has 0 bridgehead atoms. The molecule has 2 aliphatic heterocycles. The molecule has 28 heavy (non-hydrogen) atoms. The van der Waals surface area contributed by atoms with E-state index in [1.807, 2.05) is 17.2 Å². The summed E-state index contributed by atoms with van der Waals surface area (Å²) in [6.07, 6.45) is 9.15. The smallest absolute Gasteiger partial charge is 0.223 e. The average molecular weight is 407 g/mol. The van der Waals surface area contributed by atoms with E-state index in [0.29, 0.717) is 13.0 Å². The number of aliphatic hydroxyl groups is 1. The van der Waals surface area contributed by atoms with Gasteiger partial charge in [0.2, 0.25) is 5.91 Å². The quantitative estimate of drug-likeness (QED) is 0.788. The van der Waals surface area contributed by atoms with Gasteiger partial charge < -0.3 is 10.0 Å². The van der Waals surface area contributed by atoms with Crippen molar-refractivity contribution in [1.82, 2.24) is 9.80 Å². The van der Waals surface area contributed by atoms with E-state index >= 15 is 0 Å². The van der Waals surface area contributed by atoms with Crippen LogP contribution in [-0.2, 0) is 4.79 Å². The van der Waals surface area contributed by atoms with Crippen molar-refractivity contribution in [2.75, 3.05) is 44.7 Å². The Morgan fingerprint density at radius 2 is 2.04 bits per heavy atom. The minimum absolute atomic E-state index is 0.0594. The number of carbonyl (C=O) groups excluding carboxylic acids is 1. The van der Waals surface area contributed by atoms with Gasteiger partial charge >= 0.3 is 0 Å². The van der Waals surface area contributed by atoms with Gasteiger partial charge in [0, 0.05) is 31.8 Å². The molecule has 1 aromatic carbocycles. The number of aliphatic hydroxyl groups excluding tert-OH is 1. The summed E-state index contributed by atoms with van der Waals surface area (Å²) in [7, 11) is 0. The molecule has 154 valence electrons. The summed E-state index contributed by atoms with van der Waals surface area (Å²) < 4.78 is 13.0. The second-order valence-electron chi connectivity index (χ2n) is 8.13. The van der Waals surface area contributed by atoms with Crippen LogP contribution in [0.4, 0.5) is 4.39 Å². The van der Waals surface area contributed by atoms with Gasteiger partial charge in [0.15, 0.2) is 0 Å². The van der Waals surface area contributed by atoms with Gasteiger partial charge in [-0.05, 0) is 61.7 Å². The van der Waals surface area contributed by atoms with E-state index in [9.17, 15) is 14.3 Å². The van der Waals surface area contributed by atoms with Crippen LogP contribution in [-0.4, -0.2) is 71.6 Å². The molecule has 1 amide bonds. The first-order chi connectivity index (χ1) is 13.5. The van der Waals surface area contributed by atoms with Crippen molar-refractivity contribution in [3.63, 3.8) is 0 Å². The van der Waals surface area contributed by atoms with E-state index < -0.39 is 6.10 Å². The highest BCUT2D eigenvalue weighted by atomic mass is 32.2. The van der Waals surface area contributed by atoms with Gasteiger partial charge in [0.05, 0.1) is 6.10 Å².